The van der Waals surface area contributed by atoms with Crippen molar-refractivity contribution >= 4 is 28.4 Å². The zero-order chi connectivity index (χ0) is 16.2. The first-order chi connectivity index (χ1) is 10.4. The average molecular weight is 312 g/mol. The lowest BCUT2D eigenvalue weighted by Crippen LogP contribution is -2.49. The van der Waals surface area contributed by atoms with Gasteiger partial charge in [0.25, 0.3) is 0 Å². The summed E-state index contributed by atoms with van der Waals surface area (Å²) in [4.78, 5) is 13.1. The lowest BCUT2D eigenvalue weighted by molar-refractivity contribution is -0.120. The van der Waals surface area contributed by atoms with E-state index in [0.29, 0.717) is 5.75 Å². The van der Waals surface area contributed by atoms with E-state index in [4.69, 9.17) is 0 Å². The Bertz CT molecular complexity index is 720. The second-order valence-electron chi connectivity index (χ2n) is 5.81. The molecule has 22 heavy (non-hydrogen) atoms. The molecule has 0 radical (unpaired) electrons. The maximum Gasteiger partial charge on any atom is 0.231 e. The molecule has 0 unspecified atom stereocenters. The summed E-state index contributed by atoms with van der Waals surface area (Å²) in [5.41, 5.74) is -0.818. The molecule has 3 nitrogen and oxygen atoms in total. The molecular formula is C18H20N2OS. The highest BCUT2D eigenvalue weighted by Crippen LogP contribution is 2.24. The molecule has 0 saturated carbocycles. The number of carbonyl (C=O) groups excluding carboxylic acids is 1. The monoisotopic (exact) mass is 312 g/mol. The van der Waals surface area contributed by atoms with Crippen molar-refractivity contribution in [2.75, 3.05) is 5.75 Å². The molecular weight excluding hydrogens is 292 g/mol. The Morgan fingerprint density at radius 1 is 1.27 bits per heavy atom. The van der Waals surface area contributed by atoms with Gasteiger partial charge in [-0.1, -0.05) is 44.2 Å². The highest BCUT2D eigenvalue weighted by atomic mass is 32.2. The number of nitrogens with zero attached hydrogens (tertiary/aromatic N) is 1. The molecule has 0 aromatic heterocycles. The molecule has 1 amide bonds. The van der Waals surface area contributed by atoms with E-state index in [1.807, 2.05) is 32.0 Å². The Kier molecular flexibility index (Phi) is 5.10. The molecule has 0 spiro atoms. The summed E-state index contributed by atoms with van der Waals surface area (Å²) in [6.45, 7) is 5.62. The van der Waals surface area contributed by atoms with Crippen LogP contribution < -0.4 is 5.32 Å². The molecule has 1 atom stereocenters. The van der Waals surface area contributed by atoms with Crippen molar-refractivity contribution in [3.05, 3.63) is 42.5 Å². The number of hydrogen-bond acceptors (Lipinski definition) is 3. The molecule has 1 N–H and O–H groups in total. The lowest BCUT2D eigenvalue weighted by Gasteiger charge is -2.27. The Hall–Kier alpha value is -1.99. The van der Waals surface area contributed by atoms with E-state index in [2.05, 4.69) is 35.7 Å². The first kappa shape index (κ1) is 16.4. The van der Waals surface area contributed by atoms with Crippen LogP contribution in [0.4, 0.5) is 0 Å². The van der Waals surface area contributed by atoms with Crippen molar-refractivity contribution in [2.45, 2.75) is 31.2 Å². The van der Waals surface area contributed by atoms with Crippen LogP contribution >= 0.6 is 11.8 Å². The predicted octanol–water partition coefficient (Wildman–Crippen LogP) is 3.99. The van der Waals surface area contributed by atoms with Crippen LogP contribution in [0, 0.1) is 17.2 Å². The third-order valence-electron chi connectivity index (χ3n) is 3.88. The Balaban J connectivity index is 1.99. The second-order valence-corrected chi connectivity index (χ2v) is 6.86. The van der Waals surface area contributed by atoms with Crippen LogP contribution in [0.5, 0.6) is 0 Å². The number of carbonyl (C=O) groups is 1. The first-order valence-corrected chi connectivity index (χ1v) is 8.27. The first-order valence-electron chi connectivity index (χ1n) is 7.28. The van der Waals surface area contributed by atoms with E-state index in [1.165, 1.54) is 17.1 Å². The van der Waals surface area contributed by atoms with E-state index in [-0.39, 0.29) is 11.8 Å². The standard InChI is InChI=1S/C18H20N2OS/c1-13(2)18(3,12-19)20-17(21)11-22-16-9-8-14-6-4-5-7-15(14)10-16/h4-10,13H,11H2,1-3H3,(H,20,21)/t18-/m0/s1. The van der Waals surface area contributed by atoms with Gasteiger partial charge in [0.15, 0.2) is 0 Å². The van der Waals surface area contributed by atoms with Gasteiger partial charge in [-0.3, -0.25) is 4.79 Å². The number of rotatable bonds is 5. The third-order valence-corrected chi connectivity index (χ3v) is 4.87. The normalized spacial score (nSPS) is 13.6. The smallest absolute Gasteiger partial charge is 0.231 e. The van der Waals surface area contributed by atoms with E-state index < -0.39 is 5.54 Å². The zero-order valence-corrected chi connectivity index (χ0v) is 13.9. The molecule has 0 aliphatic heterocycles. The van der Waals surface area contributed by atoms with E-state index in [1.54, 1.807) is 6.92 Å². The summed E-state index contributed by atoms with van der Waals surface area (Å²) in [5, 5.41) is 14.4. The van der Waals surface area contributed by atoms with Gasteiger partial charge in [-0.25, -0.2) is 0 Å². The number of nitriles is 1. The minimum atomic E-state index is -0.818. The molecule has 2 rings (SSSR count). The number of hydrogen-bond donors (Lipinski definition) is 1. The van der Waals surface area contributed by atoms with Crippen molar-refractivity contribution in [1.82, 2.24) is 5.32 Å². The van der Waals surface area contributed by atoms with Crippen LogP contribution in [0.2, 0.25) is 0 Å². The van der Waals surface area contributed by atoms with Crippen molar-refractivity contribution < 1.29 is 4.79 Å². The van der Waals surface area contributed by atoms with Crippen LogP contribution in [0.1, 0.15) is 20.8 Å². The Labute approximate surface area is 135 Å². The van der Waals surface area contributed by atoms with E-state index >= 15 is 0 Å². The number of amides is 1. The fourth-order valence-corrected chi connectivity index (χ4v) is 2.78. The maximum absolute atomic E-state index is 12.1. The summed E-state index contributed by atoms with van der Waals surface area (Å²) in [6.07, 6.45) is 0. The molecule has 0 aliphatic rings. The molecule has 0 heterocycles. The van der Waals surface area contributed by atoms with Gasteiger partial charge < -0.3 is 5.32 Å². The van der Waals surface area contributed by atoms with Gasteiger partial charge in [0, 0.05) is 4.90 Å². The van der Waals surface area contributed by atoms with Crippen LogP contribution in [-0.4, -0.2) is 17.2 Å². The van der Waals surface area contributed by atoms with Crippen LogP contribution in [0.25, 0.3) is 10.8 Å². The topological polar surface area (TPSA) is 52.9 Å². The third kappa shape index (κ3) is 3.80. The molecule has 0 bridgehead atoms. The summed E-state index contributed by atoms with van der Waals surface area (Å²) in [7, 11) is 0. The van der Waals surface area contributed by atoms with Crippen LogP contribution in [0.3, 0.4) is 0 Å². The van der Waals surface area contributed by atoms with E-state index in [0.717, 1.165) is 10.3 Å². The van der Waals surface area contributed by atoms with Gasteiger partial charge in [-0.15, -0.1) is 11.8 Å². The maximum atomic E-state index is 12.1. The second kappa shape index (κ2) is 6.85. The number of thioether (sulfide) groups is 1. The lowest BCUT2D eigenvalue weighted by atomic mass is 9.90. The number of nitrogens with one attached hydrogen (secondary N) is 1. The minimum absolute atomic E-state index is 0.0621. The van der Waals surface area contributed by atoms with Gasteiger partial charge in [0.05, 0.1) is 11.8 Å². The van der Waals surface area contributed by atoms with Gasteiger partial charge >= 0.3 is 0 Å². The van der Waals surface area contributed by atoms with Gasteiger partial charge in [-0.2, -0.15) is 5.26 Å². The van der Waals surface area contributed by atoms with Crippen molar-refractivity contribution in [3.63, 3.8) is 0 Å². The summed E-state index contributed by atoms with van der Waals surface area (Å²) < 4.78 is 0. The fourth-order valence-electron chi connectivity index (χ4n) is 2.03. The Morgan fingerprint density at radius 2 is 1.95 bits per heavy atom. The van der Waals surface area contributed by atoms with Crippen LogP contribution in [-0.2, 0) is 4.79 Å². The quantitative estimate of drug-likeness (QED) is 0.849. The highest BCUT2D eigenvalue weighted by Gasteiger charge is 2.29. The molecule has 0 fully saturated rings. The SMILES string of the molecule is CC(C)[C@](C)(C#N)NC(=O)CSc1ccc2ccccc2c1. The van der Waals surface area contributed by atoms with Crippen LogP contribution in [0.15, 0.2) is 47.4 Å². The molecule has 4 heteroatoms. The summed E-state index contributed by atoms with van der Waals surface area (Å²) >= 11 is 1.48. The zero-order valence-electron chi connectivity index (χ0n) is 13.1. The largest absolute Gasteiger partial charge is 0.337 e. The molecule has 0 saturated heterocycles. The summed E-state index contributed by atoms with van der Waals surface area (Å²) in [6, 6.07) is 16.5. The minimum Gasteiger partial charge on any atom is -0.337 e. The number of benzene rings is 2. The highest BCUT2D eigenvalue weighted by molar-refractivity contribution is 8.00. The van der Waals surface area contributed by atoms with E-state index in [9.17, 15) is 10.1 Å². The van der Waals surface area contributed by atoms with Crippen molar-refractivity contribution in [1.29, 1.82) is 5.26 Å². The van der Waals surface area contributed by atoms with Gasteiger partial charge in [0.2, 0.25) is 5.91 Å². The molecule has 0 aliphatic carbocycles. The average Bonchev–Trinajstić information content (AvgIpc) is 2.52. The molecule has 114 valence electrons. The van der Waals surface area contributed by atoms with Gasteiger partial charge in [-0.05, 0) is 35.7 Å². The summed E-state index contributed by atoms with van der Waals surface area (Å²) in [5.74, 6) is 0.255. The molecule has 2 aromatic carbocycles. The number of fused-ring (bicyclic) bond motifs is 1. The van der Waals surface area contributed by atoms with Crippen molar-refractivity contribution in [3.8, 4) is 6.07 Å². The van der Waals surface area contributed by atoms with Crippen molar-refractivity contribution in [2.24, 2.45) is 5.92 Å². The fraction of sp³-hybridized carbons (Fsp3) is 0.333. The molecule has 2 aromatic rings. The predicted molar refractivity (Wildman–Crippen MR) is 91.7 cm³/mol. The Morgan fingerprint density at radius 3 is 2.59 bits per heavy atom. The van der Waals surface area contributed by atoms with Gasteiger partial charge in [0.1, 0.15) is 5.54 Å².